The van der Waals surface area contributed by atoms with Gasteiger partial charge in [0.1, 0.15) is 5.75 Å². The van der Waals surface area contributed by atoms with Gasteiger partial charge in [0.05, 0.1) is 30.1 Å². The Kier molecular flexibility index (Phi) is 7.40. The van der Waals surface area contributed by atoms with Crippen molar-refractivity contribution in [2.24, 2.45) is 5.92 Å². The third-order valence-electron chi connectivity index (χ3n) is 6.42. The maximum atomic E-state index is 13.3. The molecule has 3 aromatic rings. The number of carbonyl (C=O) groups is 1. The summed E-state index contributed by atoms with van der Waals surface area (Å²) in [6.07, 6.45) is 6.07. The van der Waals surface area contributed by atoms with E-state index in [-0.39, 0.29) is 17.9 Å². The number of aromatic nitrogens is 3. The summed E-state index contributed by atoms with van der Waals surface area (Å²) >= 11 is 0. The number of carbonyl (C=O) groups excluding carboxylic acids is 1. The fourth-order valence-corrected chi connectivity index (χ4v) is 4.67. The minimum atomic E-state index is -0.175. The number of hydrogen-bond acceptors (Lipinski definition) is 5. The molecule has 1 aromatic carbocycles. The number of benzene rings is 1. The van der Waals surface area contributed by atoms with Crippen molar-refractivity contribution in [3.63, 3.8) is 0 Å². The van der Waals surface area contributed by atoms with Crippen molar-refractivity contribution in [1.29, 1.82) is 0 Å². The van der Waals surface area contributed by atoms with E-state index in [1.165, 1.54) is 5.56 Å². The molecular weight excluding hydrogens is 414 g/mol. The van der Waals surface area contributed by atoms with Crippen LogP contribution in [-0.4, -0.2) is 45.8 Å². The zero-order chi connectivity index (χ0) is 23.2. The molecule has 7 nitrogen and oxygen atoms in total. The molecule has 2 aromatic heterocycles. The minimum absolute atomic E-state index is 0.139. The summed E-state index contributed by atoms with van der Waals surface area (Å²) in [5.74, 6) is 0.692. The highest BCUT2D eigenvalue weighted by atomic mass is 16.5. The molecule has 1 fully saturated rings. The lowest BCUT2D eigenvalue weighted by Gasteiger charge is -2.37. The molecule has 1 N–H and O–H groups in total. The second-order valence-electron chi connectivity index (χ2n) is 8.64. The monoisotopic (exact) mass is 447 g/mol. The molecule has 4 rings (SSSR count). The van der Waals surface area contributed by atoms with Gasteiger partial charge in [0, 0.05) is 37.6 Å². The van der Waals surface area contributed by atoms with Gasteiger partial charge in [-0.3, -0.25) is 19.4 Å². The molecule has 33 heavy (non-hydrogen) atoms. The number of rotatable bonds is 8. The maximum absolute atomic E-state index is 13.3. The summed E-state index contributed by atoms with van der Waals surface area (Å²) in [4.78, 5) is 20.3. The molecule has 0 unspecified atom stereocenters. The van der Waals surface area contributed by atoms with Gasteiger partial charge in [-0.05, 0) is 63.4 Å². The smallest absolute Gasteiger partial charge is 0.255 e. The average Bonchev–Trinajstić information content (AvgIpc) is 3.22. The lowest BCUT2D eigenvalue weighted by Crippen LogP contribution is -2.43. The molecule has 1 amide bonds. The van der Waals surface area contributed by atoms with Crippen LogP contribution in [-0.2, 0) is 13.1 Å². The fourth-order valence-electron chi connectivity index (χ4n) is 4.67. The first kappa shape index (κ1) is 23.0. The van der Waals surface area contributed by atoms with Gasteiger partial charge >= 0.3 is 0 Å². The van der Waals surface area contributed by atoms with Crippen LogP contribution < -0.4 is 10.1 Å². The van der Waals surface area contributed by atoms with Crippen LogP contribution >= 0.6 is 0 Å². The average molecular weight is 448 g/mol. The van der Waals surface area contributed by atoms with Gasteiger partial charge in [0.2, 0.25) is 0 Å². The first-order valence-electron chi connectivity index (χ1n) is 11.7. The molecule has 0 saturated carbocycles. The number of ether oxygens (including phenoxy) is 1. The molecule has 1 aliphatic rings. The third kappa shape index (κ3) is 5.42. The van der Waals surface area contributed by atoms with Crippen molar-refractivity contribution in [1.82, 2.24) is 25.0 Å². The Balaban J connectivity index is 1.54. The van der Waals surface area contributed by atoms with Gasteiger partial charge in [-0.1, -0.05) is 18.2 Å². The van der Waals surface area contributed by atoms with E-state index < -0.39 is 0 Å². The SMILES string of the molecule is CCn1cc(CN2CCC[C@H]([C@@H](NC(=O)c3ccccc3OC)c3ccccn3)C2)c(C)n1. The fraction of sp³-hybridized carbons (Fsp3) is 0.423. The maximum Gasteiger partial charge on any atom is 0.255 e. The second-order valence-corrected chi connectivity index (χ2v) is 8.64. The van der Waals surface area contributed by atoms with Crippen LogP contribution in [0.4, 0.5) is 0 Å². The highest BCUT2D eigenvalue weighted by Crippen LogP contribution is 2.31. The molecule has 0 radical (unpaired) electrons. The number of aryl methyl sites for hydroxylation is 2. The van der Waals surface area contributed by atoms with Crippen LogP contribution in [0.2, 0.25) is 0 Å². The van der Waals surface area contributed by atoms with Crippen LogP contribution in [0, 0.1) is 12.8 Å². The highest BCUT2D eigenvalue weighted by Gasteiger charge is 2.31. The van der Waals surface area contributed by atoms with E-state index in [0.717, 1.165) is 50.4 Å². The molecule has 1 saturated heterocycles. The van der Waals surface area contributed by atoms with Gasteiger partial charge < -0.3 is 10.1 Å². The van der Waals surface area contributed by atoms with E-state index in [1.54, 1.807) is 19.4 Å². The number of nitrogens with zero attached hydrogens (tertiary/aromatic N) is 4. The summed E-state index contributed by atoms with van der Waals surface area (Å²) in [5.41, 5.74) is 3.79. The lowest BCUT2D eigenvalue weighted by atomic mass is 9.88. The van der Waals surface area contributed by atoms with E-state index in [1.807, 2.05) is 41.1 Å². The summed E-state index contributed by atoms with van der Waals surface area (Å²) in [7, 11) is 1.59. The van der Waals surface area contributed by atoms with Crippen LogP contribution in [0.3, 0.4) is 0 Å². The Hall–Kier alpha value is -3.19. The summed E-state index contributed by atoms with van der Waals surface area (Å²) in [6.45, 7) is 7.87. The third-order valence-corrected chi connectivity index (χ3v) is 6.42. The van der Waals surface area contributed by atoms with E-state index >= 15 is 0 Å². The molecule has 0 bridgehead atoms. The van der Waals surface area contributed by atoms with Gasteiger partial charge in [-0.2, -0.15) is 5.10 Å². The standard InChI is InChI=1S/C26H33N5O2/c1-4-31-18-21(19(2)29-31)17-30-15-9-10-20(16-30)25(23-12-7-8-14-27-23)28-26(32)22-11-5-6-13-24(22)33-3/h5-8,11-14,18,20,25H,4,9-10,15-17H2,1-3H3,(H,28,32)/t20-,25+/m0/s1. The molecule has 0 aliphatic carbocycles. The first-order valence-corrected chi connectivity index (χ1v) is 11.7. The normalized spacial score (nSPS) is 17.5. The molecule has 7 heteroatoms. The van der Waals surface area contributed by atoms with Crippen molar-refractivity contribution in [2.75, 3.05) is 20.2 Å². The summed E-state index contributed by atoms with van der Waals surface area (Å²) in [6, 6.07) is 13.0. The zero-order valence-corrected chi connectivity index (χ0v) is 19.7. The quantitative estimate of drug-likeness (QED) is 0.565. The van der Waals surface area contributed by atoms with Crippen molar-refractivity contribution in [3.05, 3.63) is 77.4 Å². The van der Waals surface area contributed by atoms with E-state index in [2.05, 4.69) is 40.3 Å². The number of hydrogen-bond donors (Lipinski definition) is 1. The van der Waals surface area contributed by atoms with Gasteiger partial charge in [-0.15, -0.1) is 0 Å². The number of likely N-dealkylation sites (tertiary alicyclic amines) is 1. The van der Waals surface area contributed by atoms with Gasteiger partial charge in [0.15, 0.2) is 0 Å². The molecule has 2 atom stereocenters. The predicted molar refractivity (Wildman–Crippen MR) is 128 cm³/mol. The molecule has 0 spiro atoms. The Bertz CT molecular complexity index is 1070. The lowest BCUT2D eigenvalue weighted by molar-refractivity contribution is 0.0872. The summed E-state index contributed by atoms with van der Waals surface area (Å²) < 4.78 is 7.41. The number of amides is 1. The topological polar surface area (TPSA) is 72.3 Å². The Morgan fingerprint density at radius 1 is 1.24 bits per heavy atom. The summed E-state index contributed by atoms with van der Waals surface area (Å²) in [5, 5.41) is 7.88. The van der Waals surface area contributed by atoms with E-state index in [4.69, 9.17) is 4.74 Å². The Labute approximate surface area is 195 Å². The van der Waals surface area contributed by atoms with Crippen LogP contribution in [0.25, 0.3) is 0 Å². The van der Waals surface area contributed by atoms with Crippen molar-refractivity contribution in [2.45, 2.75) is 45.8 Å². The first-order chi connectivity index (χ1) is 16.1. The molecule has 174 valence electrons. The van der Waals surface area contributed by atoms with Crippen LogP contribution in [0.5, 0.6) is 5.75 Å². The van der Waals surface area contributed by atoms with Crippen LogP contribution in [0.1, 0.15) is 53.1 Å². The number of para-hydroxylation sites is 1. The van der Waals surface area contributed by atoms with E-state index in [0.29, 0.717) is 11.3 Å². The van der Waals surface area contributed by atoms with Gasteiger partial charge in [0.25, 0.3) is 5.91 Å². The molecular formula is C26H33N5O2. The number of nitrogens with one attached hydrogen (secondary N) is 1. The van der Waals surface area contributed by atoms with Crippen molar-refractivity contribution < 1.29 is 9.53 Å². The predicted octanol–water partition coefficient (Wildman–Crippen LogP) is 4.00. The van der Waals surface area contributed by atoms with Crippen molar-refractivity contribution in [3.8, 4) is 5.75 Å². The Morgan fingerprint density at radius 2 is 2.06 bits per heavy atom. The second kappa shape index (κ2) is 10.6. The molecule has 1 aliphatic heterocycles. The molecule has 3 heterocycles. The Morgan fingerprint density at radius 3 is 2.79 bits per heavy atom. The van der Waals surface area contributed by atoms with Gasteiger partial charge in [-0.25, -0.2) is 0 Å². The zero-order valence-electron chi connectivity index (χ0n) is 19.7. The van der Waals surface area contributed by atoms with Crippen molar-refractivity contribution >= 4 is 5.91 Å². The van der Waals surface area contributed by atoms with Crippen LogP contribution in [0.15, 0.2) is 54.9 Å². The van der Waals surface area contributed by atoms with E-state index in [9.17, 15) is 4.79 Å². The number of piperidine rings is 1. The largest absolute Gasteiger partial charge is 0.496 e. The minimum Gasteiger partial charge on any atom is -0.496 e. The highest BCUT2D eigenvalue weighted by molar-refractivity contribution is 5.97. The number of methoxy groups -OCH3 is 1. The number of pyridine rings is 1.